The highest BCUT2D eigenvalue weighted by Gasteiger charge is 2.13. The minimum atomic E-state index is 0.891. The van der Waals surface area contributed by atoms with E-state index in [-0.39, 0.29) is 0 Å². The van der Waals surface area contributed by atoms with Crippen molar-refractivity contribution in [2.24, 2.45) is 5.92 Å². The van der Waals surface area contributed by atoms with Crippen LogP contribution in [0.2, 0.25) is 0 Å². The van der Waals surface area contributed by atoms with Crippen LogP contribution in [0.5, 0.6) is 0 Å². The van der Waals surface area contributed by atoms with E-state index in [2.05, 4.69) is 22.4 Å². The Balaban J connectivity index is 1.67. The van der Waals surface area contributed by atoms with Gasteiger partial charge < -0.3 is 5.32 Å². The molecule has 0 aliphatic carbocycles. The van der Waals surface area contributed by atoms with Gasteiger partial charge in [-0.2, -0.15) is 11.8 Å². The van der Waals surface area contributed by atoms with Gasteiger partial charge in [0.25, 0.3) is 0 Å². The lowest BCUT2D eigenvalue weighted by atomic mass is 10.2. The lowest BCUT2D eigenvalue weighted by Gasteiger charge is -2.07. The Morgan fingerprint density at radius 2 is 2.29 bits per heavy atom. The van der Waals surface area contributed by atoms with Crippen LogP contribution in [0.4, 0.5) is 0 Å². The van der Waals surface area contributed by atoms with Gasteiger partial charge in [-0.3, -0.25) is 4.98 Å². The fourth-order valence-corrected chi connectivity index (χ4v) is 2.84. The zero-order valence-electron chi connectivity index (χ0n) is 8.28. The number of nitrogens with zero attached hydrogens (tertiary/aromatic N) is 1. The van der Waals surface area contributed by atoms with Crippen LogP contribution in [0.1, 0.15) is 12.0 Å². The van der Waals surface area contributed by atoms with E-state index in [9.17, 15) is 0 Å². The Morgan fingerprint density at radius 1 is 1.43 bits per heavy atom. The van der Waals surface area contributed by atoms with E-state index in [1.54, 1.807) is 0 Å². The molecule has 2 nitrogen and oxygen atoms in total. The van der Waals surface area contributed by atoms with Crippen molar-refractivity contribution in [1.29, 1.82) is 0 Å². The van der Waals surface area contributed by atoms with E-state index in [0.717, 1.165) is 11.7 Å². The Hall–Kier alpha value is -0.540. The van der Waals surface area contributed by atoms with Crippen LogP contribution in [0.3, 0.4) is 0 Å². The van der Waals surface area contributed by atoms with E-state index in [4.69, 9.17) is 0 Å². The molecule has 0 saturated carbocycles. The van der Waals surface area contributed by atoms with Gasteiger partial charge in [0.15, 0.2) is 0 Å². The monoisotopic (exact) mass is 208 g/mol. The maximum atomic E-state index is 4.01. The van der Waals surface area contributed by atoms with Crippen LogP contribution in [0.15, 0.2) is 24.5 Å². The molecule has 1 aliphatic heterocycles. The molecule has 14 heavy (non-hydrogen) atoms. The molecule has 0 radical (unpaired) electrons. The predicted octanol–water partition coefficient (Wildman–Crippen LogP) is 1.92. The highest BCUT2D eigenvalue weighted by atomic mass is 32.2. The van der Waals surface area contributed by atoms with Crippen LogP contribution in [0, 0.1) is 5.92 Å². The molecule has 1 aromatic rings. The normalized spacial score (nSPS) is 21.3. The van der Waals surface area contributed by atoms with Gasteiger partial charge >= 0.3 is 0 Å². The van der Waals surface area contributed by atoms with Gasteiger partial charge in [-0.1, -0.05) is 0 Å². The molecule has 1 atom stereocenters. The second kappa shape index (κ2) is 5.37. The summed E-state index contributed by atoms with van der Waals surface area (Å²) in [5, 5.41) is 3.40. The molecule has 0 bridgehead atoms. The third-order valence-electron chi connectivity index (χ3n) is 2.53. The van der Waals surface area contributed by atoms with Gasteiger partial charge in [-0.25, -0.2) is 0 Å². The molecule has 3 heteroatoms. The van der Waals surface area contributed by atoms with Crippen molar-refractivity contribution in [2.45, 2.75) is 12.2 Å². The number of rotatable bonds is 4. The number of hydrogen-bond donors (Lipinski definition) is 1. The minimum absolute atomic E-state index is 0.891. The van der Waals surface area contributed by atoms with Crippen LogP contribution in [-0.4, -0.2) is 23.8 Å². The second-order valence-electron chi connectivity index (χ2n) is 3.73. The predicted molar refractivity (Wildman–Crippen MR) is 61.4 cm³/mol. The first-order valence-corrected chi connectivity index (χ1v) is 6.28. The summed E-state index contributed by atoms with van der Waals surface area (Å²) in [6.07, 6.45) is 5.09. The van der Waals surface area contributed by atoms with Crippen LogP contribution in [-0.2, 0) is 5.75 Å². The standard InChI is InChI=1S/C11H16N2S/c1-4-12-5-2-10(1)8-14-9-11-3-6-13-7-11/h1-2,4-5,11,13H,3,6-9H2. The van der Waals surface area contributed by atoms with Gasteiger partial charge in [0.2, 0.25) is 0 Å². The first-order chi connectivity index (χ1) is 6.95. The van der Waals surface area contributed by atoms with E-state index < -0.39 is 0 Å². The smallest absolute Gasteiger partial charge is 0.0270 e. The molecule has 0 amide bonds. The molecule has 1 fully saturated rings. The van der Waals surface area contributed by atoms with Gasteiger partial charge in [0, 0.05) is 18.1 Å². The third kappa shape index (κ3) is 3.00. The molecule has 76 valence electrons. The van der Waals surface area contributed by atoms with Crippen LogP contribution < -0.4 is 5.32 Å². The molecule has 1 saturated heterocycles. The summed E-state index contributed by atoms with van der Waals surface area (Å²) in [6.45, 7) is 2.42. The topological polar surface area (TPSA) is 24.9 Å². The number of pyridine rings is 1. The van der Waals surface area contributed by atoms with Gasteiger partial charge in [-0.05, 0) is 48.9 Å². The van der Waals surface area contributed by atoms with E-state index >= 15 is 0 Å². The summed E-state index contributed by atoms with van der Waals surface area (Å²) in [5.41, 5.74) is 1.39. The third-order valence-corrected chi connectivity index (χ3v) is 3.78. The number of thioether (sulfide) groups is 1. The van der Waals surface area contributed by atoms with Gasteiger partial charge in [0.05, 0.1) is 0 Å². The van der Waals surface area contributed by atoms with Crippen molar-refractivity contribution in [3.63, 3.8) is 0 Å². The highest BCUT2D eigenvalue weighted by Crippen LogP contribution is 2.18. The molecule has 0 spiro atoms. The second-order valence-corrected chi connectivity index (χ2v) is 4.76. The van der Waals surface area contributed by atoms with Crippen LogP contribution in [0.25, 0.3) is 0 Å². The fourth-order valence-electron chi connectivity index (χ4n) is 1.68. The number of hydrogen-bond acceptors (Lipinski definition) is 3. The molecular formula is C11H16N2S. The quantitative estimate of drug-likeness (QED) is 0.818. The van der Waals surface area contributed by atoms with E-state index in [1.807, 2.05) is 24.2 Å². The molecule has 0 aromatic carbocycles. The molecule has 1 aromatic heterocycles. The van der Waals surface area contributed by atoms with E-state index in [0.29, 0.717) is 0 Å². The average Bonchev–Trinajstić information content (AvgIpc) is 2.72. The van der Waals surface area contributed by atoms with Crippen molar-refractivity contribution in [1.82, 2.24) is 10.3 Å². The summed E-state index contributed by atoms with van der Waals surface area (Å²) < 4.78 is 0. The summed E-state index contributed by atoms with van der Waals surface area (Å²) in [6, 6.07) is 4.19. The largest absolute Gasteiger partial charge is 0.316 e. The summed E-state index contributed by atoms with van der Waals surface area (Å²) in [4.78, 5) is 4.01. The minimum Gasteiger partial charge on any atom is -0.316 e. The average molecular weight is 208 g/mol. The summed E-state index contributed by atoms with van der Waals surface area (Å²) in [7, 11) is 0. The van der Waals surface area contributed by atoms with Gasteiger partial charge in [-0.15, -0.1) is 0 Å². The SMILES string of the molecule is c1cc(CSCC2CCNC2)ccn1. The molecule has 2 rings (SSSR count). The first kappa shape index (κ1) is 9.99. The number of nitrogens with one attached hydrogen (secondary N) is 1. The fraction of sp³-hybridized carbons (Fsp3) is 0.545. The Morgan fingerprint density at radius 3 is 3.00 bits per heavy atom. The van der Waals surface area contributed by atoms with Crippen molar-refractivity contribution < 1.29 is 0 Å². The zero-order valence-corrected chi connectivity index (χ0v) is 9.09. The lowest BCUT2D eigenvalue weighted by Crippen LogP contribution is -2.10. The highest BCUT2D eigenvalue weighted by molar-refractivity contribution is 7.98. The molecule has 2 heterocycles. The van der Waals surface area contributed by atoms with Crippen LogP contribution >= 0.6 is 11.8 Å². The Kier molecular flexibility index (Phi) is 3.83. The first-order valence-electron chi connectivity index (χ1n) is 5.12. The lowest BCUT2D eigenvalue weighted by molar-refractivity contribution is 0.662. The Bertz CT molecular complexity index is 257. The Labute approximate surface area is 89.5 Å². The van der Waals surface area contributed by atoms with Crippen molar-refractivity contribution in [3.05, 3.63) is 30.1 Å². The van der Waals surface area contributed by atoms with E-state index in [1.165, 1.54) is 30.8 Å². The summed E-state index contributed by atoms with van der Waals surface area (Å²) >= 11 is 2.04. The van der Waals surface area contributed by atoms with Gasteiger partial charge in [0.1, 0.15) is 0 Å². The maximum absolute atomic E-state index is 4.01. The maximum Gasteiger partial charge on any atom is 0.0270 e. The van der Waals surface area contributed by atoms with Crippen molar-refractivity contribution in [3.8, 4) is 0 Å². The summed E-state index contributed by atoms with van der Waals surface area (Å²) in [5.74, 6) is 3.30. The zero-order chi connectivity index (χ0) is 9.64. The number of aromatic nitrogens is 1. The molecule has 1 unspecified atom stereocenters. The molecule has 1 N–H and O–H groups in total. The molecular weight excluding hydrogens is 192 g/mol. The van der Waals surface area contributed by atoms with Crippen molar-refractivity contribution in [2.75, 3.05) is 18.8 Å². The van der Waals surface area contributed by atoms with Crippen molar-refractivity contribution >= 4 is 11.8 Å². The molecule has 1 aliphatic rings.